The van der Waals surface area contributed by atoms with E-state index in [2.05, 4.69) is 4.72 Å². The Labute approximate surface area is 125 Å². The Morgan fingerprint density at radius 2 is 1.60 bits per heavy atom. The van der Waals surface area contributed by atoms with Crippen molar-refractivity contribution in [1.82, 2.24) is 0 Å². The topological polar surface area (TPSA) is 48.2 Å². The van der Waals surface area contributed by atoms with Gasteiger partial charge in [0, 0.05) is 32.7 Å². The van der Waals surface area contributed by atoms with E-state index in [9.17, 15) is 8.42 Å². The summed E-state index contributed by atoms with van der Waals surface area (Å²) in [5.74, 6) is 0. The summed E-state index contributed by atoms with van der Waals surface area (Å²) in [6, 6.07) is 4.47. The fourth-order valence-corrected chi connectivity index (χ4v) is 2.61. The van der Waals surface area contributed by atoms with Crippen LogP contribution in [0.5, 0.6) is 0 Å². The number of rotatable bonds is 2. The maximum absolute atomic E-state index is 11.3. The summed E-state index contributed by atoms with van der Waals surface area (Å²) < 4.78 is 25.8. The van der Waals surface area contributed by atoms with E-state index in [1.54, 1.807) is 6.07 Å². The van der Waals surface area contributed by atoms with Crippen LogP contribution in [0, 0.1) is 7.43 Å². The summed E-state index contributed by atoms with van der Waals surface area (Å²) >= 11 is 11.3. The predicted octanol–water partition coefficient (Wildman–Crippen LogP) is 3.13. The molecule has 0 aliphatic carbocycles. The van der Waals surface area contributed by atoms with Crippen molar-refractivity contribution in [3.05, 3.63) is 40.4 Å². The van der Waals surface area contributed by atoms with Crippen LogP contribution in [0.3, 0.4) is 0 Å². The summed E-state index contributed by atoms with van der Waals surface area (Å²) in [6.45, 7) is 0. The molecule has 3 nitrogen and oxygen atoms in total. The number of benzene rings is 1. The van der Waals surface area contributed by atoms with E-state index >= 15 is 0 Å². The minimum atomic E-state index is -3.70. The molecule has 0 saturated carbocycles. The Balaban J connectivity index is 0. The first-order chi connectivity index (χ1) is 5.99. The molecule has 15 heavy (non-hydrogen) atoms. The van der Waals surface area contributed by atoms with Gasteiger partial charge in [-0.05, 0) is 12.1 Å². The molecule has 1 aromatic rings. The second kappa shape index (κ2) is 7.20. The molecule has 0 amide bonds. The maximum atomic E-state index is 11.3. The summed E-state index contributed by atoms with van der Waals surface area (Å²) in [7, 11) is -2.52. The van der Waals surface area contributed by atoms with Crippen molar-refractivity contribution < 1.29 is 41.1 Å². The molecule has 0 fully saturated rings. The molecular weight excluding hydrogens is 334 g/mol. The van der Waals surface area contributed by atoms with Gasteiger partial charge in [0.15, 0.2) is 0 Å². The predicted molar refractivity (Wildman–Crippen MR) is 59.3 cm³/mol. The Morgan fingerprint density at radius 3 is 1.93 bits per heavy atom. The van der Waals surface area contributed by atoms with Crippen LogP contribution in [-0.2, 0) is 42.7 Å². The van der Waals surface area contributed by atoms with E-state index in [4.69, 9.17) is 23.2 Å². The standard InChI is InChI=1S/C7H6Cl2NO2S.CH3.Y/c1-10-13(11,12)7-5(8)3-2-4-6(7)9;;/h2-4H,1H3;1H3;/q2*-1;. The van der Waals surface area contributed by atoms with E-state index in [1.807, 2.05) is 0 Å². The first-order valence-electron chi connectivity index (χ1n) is 3.29. The summed E-state index contributed by atoms with van der Waals surface area (Å²) in [5, 5.41) is 0.163. The van der Waals surface area contributed by atoms with Crippen molar-refractivity contribution in [2.45, 2.75) is 4.90 Å². The minimum Gasteiger partial charge on any atom is -0.547 e. The molecule has 1 radical (unpaired) electrons. The molecule has 1 aromatic carbocycles. The molecule has 0 unspecified atom stereocenters. The van der Waals surface area contributed by atoms with E-state index in [0.29, 0.717) is 0 Å². The normalized spacial score (nSPS) is 10.1. The molecule has 1 rings (SSSR count). The van der Waals surface area contributed by atoms with Gasteiger partial charge in [-0.3, -0.25) is 0 Å². The third-order valence-corrected chi connectivity index (χ3v) is 3.71. The van der Waals surface area contributed by atoms with Crippen LogP contribution in [0.15, 0.2) is 23.1 Å². The molecule has 0 aliphatic heterocycles. The molecule has 0 heterocycles. The number of sulfonamides is 1. The van der Waals surface area contributed by atoms with Crippen LogP contribution in [0.25, 0.3) is 4.72 Å². The molecule has 0 aromatic heterocycles. The molecule has 0 aliphatic rings. The molecule has 7 heteroatoms. The van der Waals surface area contributed by atoms with Gasteiger partial charge in [0.2, 0.25) is 0 Å². The van der Waals surface area contributed by atoms with Gasteiger partial charge in [-0.1, -0.05) is 29.3 Å². The van der Waals surface area contributed by atoms with Crippen LogP contribution in [-0.4, -0.2) is 15.5 Å². The van der Waals surface area contributed by atoms with Crippen LogP contribution >= 0.6 is 23.2 Å². The smallest absolute Gasteiger partial charge is 0.104 e. The van der Waals surface area contributed by atoms with Crippen molar-refractivity contribution in [2.24, 2.45) is 0 Å². The average molecular weight is 343 g/mol. The SMILES string of the molecule is C[N-]S(=O)(=O)c1c(Cl)cccc1Cl.[CH3-].[Y]. The Morgan fingerprint density at radius 1 is 1.20 bits per heavy atom. The summed E-state index contributed by atoms with van der Waals surface area (Å²) in [5.41, 5.74) is 0. The van der Waals surface area contributed by atoms with Gasteiger partial charge in [0.05, 0.1) is 14.9 Å². The largest absolute Gasteiger partial charge is 0.547 e. The van der Waals surface area contributed by atoms with Gasteiger partial charge in [0.1, 0.15) is 10.0 Å². The van der Waals surface area contributed by atoms with Crippen LogP contribution in [0.4, 0.5) is 0 Å². The Hall–Kier alpha value is 0.814. The van der Waals surface area contributed by atoms with Gasteiger partial charge >= 0.3 is 0 Å². The van der Waals surface area contributed by atoms with Gasteiger partial charge in [-0.25, -0.2) is 8.42 Å². The van der Waals surface area contributed by atoms with Crippen molar-refractivity contribution in [1.29, 1.82) is 0 Å². The number of hydrogen-bond donors (Lipinski definition) is 0. The zero-order valence-corrected chi connectivity index (χ0v) is 13.4. The molecule has 0 bridgehead atoms. The third kappa shape index (κ3) is 4.29. The van der Waals surface area contributed by atoms with Gasteiger partial charge in [-0.15, -0.1) is 0 Å². The van der Waals surface area contributed by atoms with Gasteiger partial charge in [0.25, 0.3) is 0 Å². The molecular formula is C8H9Cl2NO2SY-2. The Bertz CT molecular complexity index is 402. The summed E-state index contributed by atoms with van der Waals surface area (Å²) in [4.78, 5) is -0.138. The number of halogens is 2. The third-order valence-electron chi connectivity index (χ3n) is 1.42. The number of nitrogens with zero attached hydrogens (tertiary/aromatic N) is 1. The first kappa shape index (κ1) is 18.2. The zero-order chi connectivity index (χ0) is 10.1. The van der Waals surface area contributed by atoms with Crippen molar-refractivity contribution in [3.8, 4) is 0 Å². The van der Waals surface area contributed by atoms with E-state index in [0.717, 1.165) is 0 Å². The summed E-state index contributed by atoms with van der Waals surface area (Å²) in [6.07, 6.45) is 0. The number of hydrogen-bond acceptors (Lipinski definition) is 2. The molecule has 0 saturated heterocycles. The van der Waals surface area contributed by atoms with E-state index < -0.39 is 10.0 Å². The second-order valence-electron chi connectivity index (χ2n) is 2.21. The molecule has 83 valence electrons. The van der Waals surface area contributed by atoms with Crippen molar-refractivity contribution >= 4 is 33.2 Å². The molecule has 0 atom stereocenters. The monoisotopic (exact) mass is 342 g/mol. The van der Waals surface area contributed by atoms with E-state index in [1.165, 1.54) is 19.2 Å². The van der Waals surface area contributed by atoms with Crippen molar-refractivity contribution in [3.63, 3.8) is 0 Å². The van der Waals surface area contributed by atoms with E-state index in [-0.39, 0.29) is 55.1 Å². The second-order valence-corrected chi connectivity index (χ2v) is 4.75. The molecule has 0 N–H and O–H groups in total. The minimum absolute atomic E-state index is 0. The first-order valence-corrected chi connectivity index (χ1v) is 5.49. The zero-order valence-electron chi connectivity index (χ0n) is 8.24. The van der Waals surface area contributed by atoms with Crippen LogP contribution in [0.1, 0.15) is 0 Å². The fraction of sp³-hybridized carbons (Fsp3) is 0.125. The van der Waals surface area contributed by atoms with Crippen molar-refractivity contribution in [2.75, 3.05) is 7.05 Å². The van der Waals surface area contributed by atoms with Gasteiger partial charge < -0.3 is 12.1 Å². The Kier molecular flexibility index (Phi) is 8.73. The maximum Gasteiger partial charge on any atom is 0.104 e. The average Bonchev–Trinajstić information content (AvgIpc) is 2.03. The molecule has 0 spiro atoms. The van der Waals surface area contributed by atoms with Gasteiger partial charge in [-0.2, -0.15) is 7.05 Å². The fourth-order valence-electron chi connectivity index (χ4n) is 0.820. The quantitative estimate of drug-likeness (QED) is 0.775. The van der Waals surface area contributed by atoms with Crippen LogP contribution < -0.4 is 0 Å². The van der Waals surface area contributed by atoms with Crippen LogP contribution in [0.2, 0.25) is 10.0 Å².